The second-order valence-electron chi connectivity index (χ2n) is 3.02. The highest BCUT2D eigenvalue weighted by atomic mass is 79.9. The van der Waals surface area contributed by atoms with E-state index in [4.69, 9.17) is 12.2 Å². The van der Waals surface area contributed by atoms with E-state index in [2.05, 4.69) is 39.4 Å². The van der Waals surface area contributed by atoms with E-state index < -0.39 is 0 Å². The minimum Gasteiger partial charge on any atom is -0.376 e. The van der Waals surface area contributed by atoms with E-state index in [1.165, 1.54) is 17.5 Å². The predicted octanol–water partition coefficient (Wildman–Crippen LogP) is 2.91. The van der Waals surface area contributed by atoms with Gasteiger partial charge in [0.15, 0.2) is 0 Å². The molecule has 0 radical (unpaired) electrons. The molecule has 0 saturated carbocycles. The van der Waals surface area contributed by atoms with Crippen LogP contribution < -0.4 is 5.32 Å². The summed E-state index contributed by atoms with van der Waals surface area (Å²) in [4.78, 5) is 0.906. The Hall–Kier alpha value is -0.410. The zero-order valence-corrected chi connectivity index (χ0v) is 10.6. The van der Waals surface area contributed by atoms with Crippen LogP contribution in [0, 0.1) is 0 Å². The Balaban J connectivity index is 0.000000461. The molecule has 1 heterocycles. The van der Waals surface area contributed by atoms with Crippen molar-refractivity contribution in [3.8, 4) is 0 Å². The molecular formula is C11H14BrNS. The molecule has 0 amide bonds. The number of hydrogen-bond acceptors (Lipinski definition) is 1. The standard InChI is InChI=1S/C10H11NS.CH3Br/c12-10-9-6-2-1-4-8(9)5-3-7-11-10;1-2/h1-2,4,6H,3,5,7H2,(H,11,12);1H3. The van der Waals surface area contributed by atoms with Crippen LogP contribution in [0.25, 0.3) is 0 Å². The number of alkyl halides is 1. The number of aryl methyl sites for hydroxylation is 1. The van der Waals surface area contributed by atoms with E-state index in [0.29, 0.717) is 0 Å². The molecule has 1 aromatic carbocycles. The molecular weight excluding hydrogens is 258 g/mol. The summed E-state index contributed by atoms with van der Waals surface area (Å²) < 4.78 is 0. The van der Waals surface area contributed by atoms with Crippen LogP contribution in [0.4, 0.5) is 0 Å². The van der Waals surface area contributed by atoms with Gasteiger partial charge in [0, 0.05) is 12.1 Å². The van der Waals surface area contributed by atoms with Gasteiger partial charge in [-0.1, -0.05) is 52.4 Å². The zero-order chi connectivity index (χ0) is 10.4. The van der Waals surface area contributed by atoms with Gasteiger partial charge in [0.25, 0.3) is 0 Å². The fourth-order valence-electron chi connectivity index (χ4n) is 1.54. The van der Waals surface area contributed by atoms with E-state index in [-0.39, 0.29) is 0 Å². The Morgan fingerprint density at radius 1 is 1.29 bits per heavy atom. The molecule has 3 heteroatoms. The van der Waals surface area contributed by atoms with Crippen molar-refractivity contribution >= 4 is 33.1 Å². The van der Waals surface area contributed by atoms with Crippen LogP contribution in [-0.4, -0.2) is 17.4 Å². The predicted molar refractivity (Wildman–Crippen MR) is 69.3 cm³/mol. The fraction of sp³-hybridized carbons (Fsp3) is 0.364. The monoisotopic (exact) mass is 271 g/mol. The van der Waals surface area contributed by atoms with Gasteiger partial charge in [0.05, 0.1) is 0 Å². The van der Waals surface area contributed by atoms with E-state index in [1.807, 2.05) is 11.9 Å². The Labute approximate surface area is 99.0 Å². The van der Waals surface area contributed by atoms with Gasteiger partial charge >= 0.3 is 0 Å². The van der Waals surface area contributed by atoms with Crippen LogP contribution in [0.15, 0.2) is 24.3 Å². The van der Waals surface area contributed by atoms with Crippen LogP contribution >= 0.6 is 28.1 Å². The molecule has 1 N–H and O–H groups in total. The summed E-state index contributed by atoms with van der Waals surface area (Å²) >= 11 is 8.17. The maximum atomic E-state index is 5.24. The lowest BCUT2D eigenvalue weighted by atomic mass is 10.0. The Morgan fingerprint density at radius 2 is 2.00 bits per heavy atom. The van der Waals surface area contributed by atoms with Gasteiger partial charge in [-0.2, -0.15) is 0 Å². The van der Waals surface area contributed by atoms with Gasteiger partial charge in [-0.05, 0) is 24.2 Å². The SMILES string of the molecule is CBr.S=C1NCCCc2ccccc21. The van der Waals surface area contributed by atoms with Crippen molar-refractivity contribution in [2.45, 2.75) is 12.8 Å². The first-order valence-electron chi connectivity index (χ1n) is 4.62. The summed E-state index contributed by atoms with van der Waals surface area (Å²) in [5.41, 5.74) is 2.59. The Kier molecular flexibility index (Phi) is 5.12. The lowest BCUT2D eigenvalue weighted by molar-refractivity contribution is 0.795. The third-order valence-electron chi connectivity index (χ3n) is 2.17. The zero-order valence-electron chi connectivity index (χ0n) is 8.22. The lowest BCUT2D eigenvalue weighted by Gasteiger charge is -2.04. The van der Waals surface area contributed by atoms with Crippen LogP contribution in [0.5, 0.6) is 0 Å². The van der Waals surface area contributed by atoms with Crippen LogP contribution in [0.2, 0.25) is 0 Å². The molecule has 0 fully saturated rings. The smallest absolute Gasteiger partial charge is 0.106 e. The van der Waals surface area contributed by atoms with Gasteiger partial charge in [0.2, 0.25) is 0 Å². The van der Waals surface area contributed by atoms with Gasteiger partial charge in [-0.15, -0.1) is 0 Å². The number of rotatable bonds is 0. The van der Waals surface area contributed by atoms with E-state index in [9.17, 15) is 0 Å². The molecule has 0 aliphatic carbocycles. The Bertz CT molecular complexity index is 312. The number of hydrogen-bond donors (Lipinski definition) is 1. The van der Waals surface area contributed by atoms with Gasteiger partial charge in [-0.25, -0.2) is 0 Å². The summed E-state index contributed by atoms with van der Waals surface area (Å²) in [7, 11) is 0. The highest BCUT2D eigenvalue weighted by Crippen LogP contribution is 2.13. The average molecular weight is 272 g/mol. The maximum Gasteiger partial charge on any atom is 0.106 e. The van der Waals surface area contributed by atoms with Crippen LogP contribution in [0.3, 0.4) is 0 Å². The molecule has 1 aliphatic heterocycles. The van der Waals surface area contributed by atoms with Crippen molar-refractivity contribution in [2.75, 3.05) is 12.4 Å². The van der Waals surface area contributed by atoms with Crippen LogP contribution in [-0.2, 0) is 6.42 Å². The molecule has 1 aromatic rings. The normalized spacial score (nSPS) is 14.3. The van der Waals surface area contributed by atoms with E-state index in [0.717, 1.165) is 18.0 Å². The summed E-state index contributed by atoms with van der Waals surface area (Å²) in [5.74, 6) is 1.81. The molecule has 2 rings (SSSR count). The highest BCUT2D eigenvalue weighted by molar-refractivity contribution is 9.08. The number of fused-ring (bicyclic) bond motifs is 1. The minimum atomic E-state index is 0.906. The van der Waals surface area contributed by atoms with Crippen molar-refractivity contribution in [3.63, 3.8) is 0 Å². The summed E-state index contributed by atoms with van der Waals surface area (Å²) in [6.45, 7) is 1.01. The molecule has 14 heavy (non-hydrogen) atoms. The number of nitrogens with one attached hydrogen (secondary N) is 1. The lowest BCUT2D eigenvalue weighted by Crippen LogP contribution is -2.21. The molecule has 0 unspecified atom stereocenters. The van der Waals surface area contributed by atoms with Crippen molar-refractivity contribution in [2.24, 2.45) is 0 Å². The van der Waals surface area contributed by atoms with Gasteiger partial charge < -0.3 is 5.32 Å². The largest absolute Gasteiger partial charge is 0.376 e. The van der Waals surface area contributed by atoms with E-state index >= 15 is 0 Å². The summed E-state index contributed by atoms with van der Waals surface area (Å²) in [5, 5.41) is 3.23. The first-order chi connectivity index (χ1) is 6.88. The quantitative estimate of drug-likeness (QED) is 0.575. The molecule has 0 aromatic heterocycles. The third kappa shape index (κ3) is 2.79. The van der Waals surface area contributed by atoms with Crippen molar-refractivity contribution in [1.82, 2.24) is 5.32 Å². The van der Waals surface area contributed by atoms with Crippen molar-refractivity contribution < 1.29 is 0 Å². The number of halogens is 1. The average Bonchev–Trinajstić information content (AvgIpc) is 2.45. The van der Waals surface area contributed by atoms with Crippen LogP contribution in [0.1, 0.15) is 17.5 Å². The summed E-state index contributed by atoms with van der Waals surface area (Å²) in [6, 6.07) is 8.37. The molecule has 0 atom stereocenters. The van der Waals surface area contributed by atoms with E-state index in [1.54, 1.807) is 0 Å². The third-order valence-corrected chi connectivity index (χ3v) is 2.53. The molecule has 0 spiro atoms. The number of thiocarbonyl (C=S) groups is 1. The molecule has 0 saturated heterocycles. The highest BCUT2D eigenvalue weighted by Gasteiger charge is 2.09. The van der Waals surface area contributed by atoms with Crippen molar-refractivity contribution in [1.29, 1.82) is 0 Å². The first-order valence-corrected chi connectivity index (χ1v) is 6.61. The number of benzene rings is 1. The topological polar surface area (TPSA) is 12.0 Å². The van der Waals surface area contributed by atoms with Crippen molar-refractivity contribution in [3.05, 3.63) is 35.4 Å². The minimum absolute atomic E-state index is 0.906. The second kappa shape index (κ2) is 6.14. The van der Waals surface area contributed by atoms with Gasteiger partial charge in [-0.3, -0.25) is 0 Å². The Morgan fingerprint density at radius 3 is 2.79 bits per heavy atom. The summed E-state index contributed by atoms with van der Waals surface area (Å²) in [6.07, 6.45) is 2.32. The molecule has 0 bridgehead atoms. The molecule has 1 aliphatic rings. The molecule has 76 valence electrons. The second-order valence-corrected chi connectivity index (χ2v) is 3.42. The van der Waals surface area contributed by atoms with Gasteiger partial charge in [0.1, 0.15) is 4.99 Å². The first kappa shape index (κ1) is 11.7. The maximum absolute atomic E-state index is 5.24. The fourth-order valence-corrected chi connectivity index (χ4v) is 1.84. The molecule has 1 nitrogen and oxygen atoms in total.